The molecule has 0 bridgehead atoms. The summed E-state index contributed by atoms with van der Waals surface area (Å²) in [7, 11) is 1.92. The summed E-state index contributed by atoms with van der Waals surface area (Å²) in [4.78, 5) is 38.0. The number of nitrogens with one attached hydrogen (secondary N) is 2. The lowest BCUT2D eigenvalue weighted by molar-refractivity contribution is -0.123. The Balaban J connectivity index is 1.94. The maximum Gasteiger partial charge on any atom is 0.251 e. The van der Waals surface area contributed by atoms with Crippen molar-refractivity contribution in [3.63, 3.8) is 0 Å². The van der Waals surface area contributed by atoms with Crippen LogP contribution < -0.4 is 16.4 Å². The average Bonchev–Trinajstić information content (AvgIpc) is 2.81. The van der Waals surface area contributed by atoms with Gasteiger partial charge in [0.25, 0.3) is 5.91 Å². The number of aliphatic hydroxyl groups is 1. The van der Waals surface area contributed by atoms with Gasteiger partial charge in [0.15, 0.2) is 5.78 Å². The molecular weight excluding hydrogens is 432 g/mol. The Hall–Kier alpha value is -3.51. The summed E-state index contributed by atoms with van der Waals surface area (Å²) < 4.78 is 0. The first-order valence-electron chi connectivity index (χ1n) is 11.1. The van der Waals surface area contributed by atoms with Gasteiger partial charge in [0.2, 0.25) is 5.91 Å². The Morgan fingerprint density at radius 2 is 1.56 bits per heavy atom. The number of hydrogen-bond donors (Lipinski definition) is 4. The smallest absolute Gasteiger partial charge is 0.251 e. The van der Waals surface area contributed by atoms with Crippen molar-refractivity contribution in [1.29, 1.82) is 0 Å². The van der Waals surface area contributed by atoms with Gasteiger partial charge in [-0.15, -0.1) is 0 Å². The number of nitrogens with two attached hydrogens (primary N) is 1. The zero-order chi connectivity index (χ0) is 25.1. The van der Waals surface area contributed by atoms with Crippen LogP contribution in [0.1, 0.15) is 35.3 Å². The highest BCUT2D eigenvalue weighted by Gasteiger charge is 2.18. The molecule has 0 radical (unpaired) electrons. The molecule has 34 heavy (non-hydrogen) atoms. The second kappa shape index (κ2) is 13.3. The maximum atomic E-state index is 12.3. The van der Waals surface area contributed by atoms with Crippen molar-refractivity contribution in [3.05, 3.63) is 65.2 Å². The molecule has 0 saturated heterocycles. The average molecular weight is 465 g/mol. The van der Waals surface area contributed by atoms with E-state index in [1.807, 2.05) is 24.1 Å². The zero-order valence-corrected chi connectivity index (χ0v) is 19.8. The zero-order valence-electron chi connectivity index (χ0n) is 19.8. The van der Waals surface area contributed by atoms with Crippen LogP contribution >= 0.6 is 0 Å². The number of ketones is 1. The number of benzene rings is 2. The van der Waals surface area contributed by atoms with E-state index in [1.165, 1.54) is 0 Å². The predicted octanol–water partition coefficient (Wildman–Crippen LogP) is 1.23. The largest absolute Gasteiger partial charge is 0.388 e. The first-order valence-corrected chi connectivity index (χ1v) is 11.1. The third kappa shape index (κ3) is 8.79. The van der Waals surface area contributed by atoms with Crippen molar-refractivity contribution in [3.8, 4) is 11.8 Å². The van der Waals surface area contributed by atoms with Crippen molar-refractivity contribution in [1.82, 2.24) is 10.2 Å². The molecule has 0 spiro atoms. The Morgan fingerprint density at radius 3 is 2.06 bits per heavy atom. The normalized spacial score (nSPS) is 11.5. The minimum Gasteiger partial charge on any atom is -0.388 e. The van der Waals surface area contributed by atoms with Crippen LogP contribution in [-0.4, -0.2) is 66.9 Å². The van der Waals surface area contributed by atoms with Gasteiger partial charge >= 0.3 is 0 Å². The van der Waals surface area contributed by atoms with E-state index >= 15 is 0 Å². The van der Waals surface area contributed by atoms with Crippen molar-refractivity contribution >= 4 is 23.3 Å². The molecule has 5 N–H and O–H groups in total. The minimum atomic E-state index is -0.925. The second-order valence-corrected chi connectivity index (χ2v) is 8.43. The number of carbonyl (C=O) groups excluding carboxylic acids is 3. The van der Waals surface area contributed by atoms with Crippen LogP contribution in [-0.2, 0) is 9.59 Å². The predicted molar refractivity (Wildman–Crippen MR) is 132 cm³/mol. The first kappa shape index (κ1) is 26.7. The summed E-state index contributed by atoms with van der Waals surface area (Å²) >= 11 is 0. The van der Waals surface area contributed by atoms with Crippen LogP contribution in [0.4, 0.5) is 5.69 Å². The highest BCUT2D eigenvalue weighted by molar-refractivity contribution is 5.98. The number of carbonyl (C=O) groups is 3. The Labute approximate surface area is 200 Å². The molecule has 0 aliphatic heterocycles. The number of rotatable bonds is 10. The van der Waals surface area contributed by atoms with Gasteiger partial charge in [0.05, 0.1) is 6.54 Å². The first-order chi connectivity index (χ1) is 16.2. The van der Waals surface area contributed by atoms with E-state index in [4.69, 9.17) is 10.8 Å². The molecule has 0 heterocycles. The molecule has 0 fully saturated rings. The molecule has 0 aliphatic carbocycles. The van der Waals surface area contributed by atoms with E-state index in [1.54, 1.807) is 36.4 Å². The SMILES string of the molecule is CC(C)CN(C)CC(=O)Nc1ccc(C#Cc2ccc(C(=O)N[C@@H](CN)C(=O)CO)cc2)cc1. The van der Waals surface area contributed by atoms with Crippen LogP contribution in [0.2, 0.25) is 0 Å². The summed E-state index contributed by atoms with van der Waals surface area (Å²) in [6.07, 6.45) is 0. The van der Waals surface area contributed by atoms with Crippen LogP contribution in [0.25, 0.3) is 0 Å². The fraction of sp³-hybridized carbons (Fsp3) is 0.346. The molecule has 2 amide bonds. The van der Waals surface area contributed by atoms with Gasteiger partial charge in [-0.25, -0.2) is 0 Å². The number of amides is 2. The van der Waals surface area contributed by atoms with Crippen molar-refractivity contribution in [2.45, 2.75) is 19.9 Å². The lowest BCUT2D eigenvalue weighted by Gasteiger charge is -2.18. The van der Waals surface area contributed by atoms with E-state index in [0.29, 0.717) is 29.3 Å². The molecule has 8 nitrogen and oxygen atoms in total. The van der Waals surface area contributed by atoms with Gasteiger partial charge in [0.1, 0.15) is 12.6 Å². The summed E-state index contributed by atoms with van der Waals surface area (Å²) in [5.74, 6) is 5.51. The third-order valence-electron chi connectivity index (χ3n) is 4.84. The molecule has 2 aromatic carbocycles. The fourth-order valence-corrected chi connectivity index (χ4v) is 3.24. The molecular formula is C26H32N4O4. The van der Waals surface area contributed by atoms with E-state index in [9.17, 15) is 14.4 Å². The molecule has 2 rings (SSSR count). The maximum absolute atomic E-state index is 12.3. The lowest BCUT2D eigenvalue weighted by Crippen LogP contribution is -2.46. The standard InChI is InChI=1S/C26H32N4O4/c1-18(2)15-30(3)16-25(33)28-22-12-8-20(9-13-22)5-4-19-6-10-21(11-7-19)26(34)29-23(14-27)24(32)17-31/h6-13,18,23,31H,14-17,27H2,1-3H3,(H,28,33)(H,29,34)/t23-/m0/s1. The summed E-state index contributed by atoms with van der Waals surface area (Å²) in [5, 5.41) is 14.3. The second-order valence-electron chi connectivity index (χ2n) is 8.43. The molecule has 2 aromatic rings. The van der Waals surface area contributed by atoms with Crippen molar-refractivity contribution in [2.75, 3.05) is 38.6 Å². The van der Waals surface area contributed by atoms with Crippen LogP contribution in [0.3, 0.4) is 0 Å². The van der Waals surface area contributed by atoms with Gasteiger partial charge in [0, 0.05) is 35.5 Å². The molecule has 0 aliphatic rings. The van der Waals surface area contributed by atoms with Crippen molar-refractivity contribution in [2.24, 2.45) is 11.7 Å². The van der Waals surface area contributed by atoms with E-state index < -0.39 is 24.3 Å². The number of likely N-dealkylation sites (N-methyl/N-ethyl adjacent to an activating group) is 1. The summed E-state index contributed by atoms with van der Waals surface area (Å²) in [6, 6.07) is 13.0. The number of hydrogen-bond acceptors (Lipinski definition) is 6. The van der Waals surface area contributed by atoms with Gasteiger partial charge in [-0.2, -0.15) is 0 Å². The van der Waals surface area contributed by atoms with Crippen LogP contribution in [0, 0.1) is 17.8 Å². The molecule has 0 saturated carbocycles. The van der Waals surface area contributed by atoms with Crippen molar-refractivity contribution < 1.29 is 19.5 Å². The minimum absolute atomic E-state index is 0.0652. The van der Waals surface area contributed by atoms with Crippen LogP contribution in [0.5, 0.6) is 0 Å². The topological polar surface area (TPSA) is 125 Å². The van der Waals surface area contributed by atoms with E-state index in [0.717, 1.165) is 12.1 Å². The van der Waals surface area contributed by atoms with Gasteiger partial charge in [-0.05, 0) is 61.5 Å². The Bertz CT molecular complexity index is 1040. The number of aliphatic hydroxyl groups excluding tert-OH is 1. The van der Waals surface area contributed by atoms with Gasteiger partial charge in [-0.1, -0.05) is 25.7 Å². The molecule has 1 atom stereocenters. The van der Waals surface area contributed by atoms with E-state index in [-0.39, 0.29) is 12.5 Å². The number of Topliss-reactive ketones (excluding diaryl/α,β-unsaturated/α-hetero) is 1. The Kier molecular flexibility index (Phi) is 10.4. The quantitative estimate of drug-likeness (QED) is 0.392. The highest BCUT2D eigenvalue weighted by atomic mass is 16.3. The Morgan fingerprint density at radius 1 is 1.00 bits per heavy atom. The molecule has 8 heteroatoms. The van der Waals surface area contributed by atoms with Gasteiger partial charge in [-0.3, -0.25) is 19.3 Å². The molecule has 180 valence electrons. The summed E-state index contributed by atoms with van der Waals surface area (Å²) in [5.41, 5.74) is 8.03. The fourth-order valence-electron chi connectivity index (χ4n) is 3.24. The highest BCUT2D eigenvalue weighted by Crippen LogP contribution is 2.10. The summed E-state index contributed by atoms with van der Waals surface area (Å²) in [6.45, 7) is 4.64. The molecule has 0 unspecified atom stereocenters. The van der Waals surface area contributed by atoms with Crippen LogP contribution in [0.15, 0.2) is 48.5 Å². The van der Waals surface area contributed by atoms with E-state index in [2.05, 4.69) is 36.3 Å². The monoisotopic (exact) mass is 464 g/mol. The molecule has 0 aromatic heterocycles. The number of anilines is 1. The van der Waals surface area contributed by atoms with Gasteiger partial charge < -0.3 is 21.5 Å². The number of nitrogens with zero attached hydrogens (tertiary/aromatic N) is 1. The lowest BCUT2D eigenvalue weighted by atomic mass is 10.1. The third-order valence-corrected chi connectivity index (χ3v) is 4.84.